The molecule has 0 radical (unpaired) electrons. The summed E-state index contributed by atoms with van der Waals surface area (Å²) in [6.07, 6.45) is 13.0. The number of benzene rings is 3. The smallest absolute Gasteiger partial charge is 0.193 e. The van der Waals surface area contributed by atoms with E-state index in [-0.39, 0.29) is 22.7 Å². The van der Waals surface area contributed by atoms with Crippen LogP contribution in [0.25, 0.3) is 0 Å². The van der Waals surface area contributed by atoms with E-state index in [2.05, 4.69) is 19.9 Å². The number of allylic oxidation sites excluding steroid dienone is 7. The third-order valence-electron chi connectivity index (χ3n) is 7.38. The summed E-state index contributed by atoms with van der Waals surface area (Å²) in [5, 5.41) is 22.7. The van der Waals surface area contributed by atoms with E-state index in [1.807, 2.05) is 19.1 Å². The molecule has 6 heteroatoms. The van der Waals surface area contributed by atoms with E-state index in [1.165, 1.54) is 17.7 Å². The molecule has 226 valence electrons. The molecule has 0 amide bonds. The van der Waals surface area contributed by atoms with E-state index in [9.17, 15) is 29.4 Å². The van der Waals surface area contributed by atoms with Crippen molar-refractivity contribution in [3.05, 3.63) is 155 Å². The maximum Gasteiger partial charge on any atom is 0.193 e. The highest BCUT2D eigenvalue weighted by molar-refractivity contribution is 6.13. The summed E-state index contributed by atoms with van der Waals surface area (Å²) in [6, 6.07) is 23.5. The average molecular weight is 589 g/mol. The van der Waals surface area contributed by atoms with Gasteiger partial charge in [-0.15, -0.1) is 0 Å². The van der Waals surface area contributed by atoms with Crippen LogP contribution in [0.5, 0.6) is 0 Å². The Morgan fingerprint density at radius 3 is 1.86 bits per heavy atom. The second-order valence-electron chi connectivity index (χ2n) is 10.9. The van der Waals surface area contributed by atoms with Crippen LogP contribution in [-0.2, 0) is 4.79 Å². The van der Waals surface area contributed by atoms with Gasteiger partial charge in [-0.2, -0.15) is 0 Å². The van der Waals surface area contributed by atoms with Crippen molar-refractivity contribution in [3.63, 3.8) is 0 Å². The molecule has 2 unspecified atom stereocenters. The predicted molar refractivity (Wildman–Crippen MR) is 168 cm³/mol. The van der Waals surface area contributed by atoms with Crippen molar-refractivity contribution in [2.45, 2.75) is 40.0 Å². The molecule has 0 saturated carbocycles. The summed E-state index contributed by atoms with van der Waals surface area (Å²) in [5.74, 6) is -4.06. The molecule has 0 saturated heterocycles. The van der Waals surface area contributed by atoms with Crippen LogP contribution in [0.2, 0.25) is 0 Å². The minimum absolute atomic E-state index is 0.0821. The zero-order chi connectivity index (χ0) is 32.1. The zero-order valence-corrected chi connectivity index (χ0v) is 25.2. The number of aliphatic carboxylic acids is 1. The minimum atomic E-state index is -1.34. The first-order chi connectivity index (χ1) is 21.1. The summed E-state index contributed by atoms with van der Waals surface area (Å²) in [7, 11) is 0. The lowest BCUT2D eigenvalue weighted by molar-refractivity contribution is -0.311. The first kappa shape index (κ1) is 33.4. The van der Waals surface area contributed by atoms with Crippen molar-refractivity contribution in [2.24, 2.45) is 11.3 Å². The number of aromatic carboxylic acids is 1. The normalized spacial score (nSPS) is 17.2. The first-order valence-corrected chi connectivity index (χ1v) is 14.4. The lowest BCUT2D eigenvalue weighted by Gasteiger charge is -2.37. The van der Waals surface area contributed by atoms with Crippen LogP contribution in [0.1, 0.15) is 76.7 Å². The fourth-order valence-corrected chi connectivity index (χ4v) is 4.97. The van der Waals surface area contributed by atoms with E-state index < -0.39 is 23.3 Å². The number of carbonyl (C=O) groups is 4. The Hall–Kier alpha value is -5.10. The highest BCUT2D eigenvalue weighted by Gasteiger charge is 2.43. The topological polar surface area (TPSA) is 114 Å². The van der Waals surface area contributed by atoms with Gasteiger partial charge in [-0.3, -0.25) is 9.59 Å². The van der Waals surface area contributed by atoms with Crippen LogP contribution in [-0.4, -0.2) is 23.5 Å². The highest BCUT2D eigenvalue weighted by atomic mass is 16.4. The molecule has 1 aliphatic rings. The standard InChI is InChI=1S/C24H28O3.C14H10O3/c1-18(2)10-9-11-19(3)15-17-24(16-8-7-14-21(24)23(26)27)22(25)20-12-5-4-6-13-20;15-13(10-6-2-1-3-7-10)11-8-4-5-9-12(11)14(16)17/h4-8,10,12-16,21H,9,11,17H2,1-3H3,(H,26,27);1-9H,(H,16,17)/p-2/b19-15+;. The number of carboxylic acid groups (broad SMARTS) is 2. The Morgan fingerprint density at radius 1 is 0.727 bits per heavy atom. The molecule has 0 aliphatic heterocycles. The van der Waals surface area contributed by atoms with Crippen LogP contribution in [0.3, 0.4) is 0 Å². The SMILES string of the molecule is CC(C)=CCC/C(C)=C/CC1(C(=O)c2ccccc2)C=CC=CC1C(=O)[O-].O=C([O-])c1ccccc1C(=O)c1ccccc1. The van der Waals surface area contributed by atoms with E-state index >= 15 is 0 Å². The molecule has 1 aliphatic carbocycles. The number of carboxylic acids is 2. The van der Waals surface area contributed by atoms with Gasteiger partial charge in [-0.05, 0) is 40.0 Å². The summed E-state index contributed by atoms with van der Waals surface area (Å²) in [4.78, 5) is 48.1. The molecule has 6 nitrogen and oxygen atoms in total. The van der Waals surface area contributed by atoms with E-state index in [0.29, 0.717) is 17.5 Å². The van der Waals surface area contributed by atoms with Gasteiger partial charge < -0.3 is 19.8 Å². The fraction of sp³-hybridized carbons (Fsp3) is 0.211. The molecule has 3 aromatic carbocycles. The molecule has 44 heavy (non-hydrogen) atoms. The molecule has 0 N–H and O–H groups in total. The number of hydrogen-bond donors (Lipinski definition) is 0. The molecule has 0 heterocycles. The number of rotatable bonds is 11. The summed E-state index contributed by atoms with van der Waals surface area (Å²) in [5.41, 5.74) is 2.30. The number of Topliss-reactive ketones (excluding diaryl/α,β-unsaturated/α-hetero) is 1. The zero-order valence-electron chi connectivity index (χ0n) is 25.2. The average Bonchev–Trinajstić information content (AvgIpc) is 3.04. The maximum atomic E-state index is 13.3. The Balaban J connectivity index is 0.000000266. The minimum Gasteiger partial charge on any atom is -0.549 e. The Bertz CT molecular complexity index is 1590. The molecule has 4 rings (SSSR count). The van der Waals surface area contributed by atoms with Crippen molar-refractivity contribution in [1.29, 1.82) is 0 Å². The van der Waals surface area contributed by atoms with Crippen molar-refractivity contribution >= 4 is 23.5 Å². The largest absolute Gasteiger partial charge is 0.549 e. The van der Waals surface area contributed by atoms with Gasteiger partial charge in [0, 0.05) is 34.1 Å². The summed E-state index contributed by atoms with van der Waals surface area (Å²) < 4.78 is 0. The lowest BCUT2D eigenvalue weighted by atomic mass is 9.66. The second kappa shape index (κ2) is 15.9. The van der Waals surface area contributed by atoms with Gasteiger partial charge in [-0.25, -0.2) is 0 Å². The molecule has 2 atom stereocenters. The number of carbonyl (C=O) groups excluding carboxylic acids is 4. The Morgan fingerprint density at radius 2 is 1.30 bits per heavy atom. The molecule has 0 aromatic heterocycles. The lowest BCUT2D eigenvalue weighted by Crippen LogP contribution is -2.46. The van der Waals surface area contributed by atoms with Crippen LogP contribution in [0.15, 0.2) is 133 Å². The van der Waals surface area contributed by atoms with E-state index in [1.54, 1.807) is 91.0 Å². The fourth-order valence-electron chi connectivity index (χ4n) is 4.97. The van der Waals surface area contributed by atoms with Gasteiger partial charge in [0.05, 0.1) is 11.4 Å². The summed E-state index contributed by atoms with van der Waals surface area (Å²) >= 11 is 0. The number of hydrogen-bond acceptors (Lipinski definition) is 6. The monoisotopic (exact) mass is 588 g/mol. The number of ketones is 2. The summed E-state index contributed by atoms with van der Waals surface area (Å²) in [6.45, 7) is 6.16. The van der Waals surface area contributed by atoms with Gasteiger partial charge in [-0.1, -0.05) is 133 Å². The third-order valence-corrected chi connectivity index (χ3v) is 7.38. The Labute approximate surface area is 258 Å². The van der Waals surface area contributed by atoms with Crippen LogP contribution < -0.4 is 10.2 Å². The van der Waals surface area contributed by atoms with Crippen LogP contribution in [0, 0.1) is 11.3 Å². The van der Waals surface area contributed by atoms with Gasteiger partial charge >= 0.3 is 0 Å². The van der Waals surface area contributed by atoms with Crippen molar-refractivity contribution in [1.82, 2.24) is 0 Å². The third kappa shape index (κ3) is 8.71. The quantitative estimate of drug-likeness (QED) is 0.209. The van der Waals surface area contributed by atoms with Gasteiger partial charge in [0.1, 0.15) is 0 Å². The Kier molecular flexibility index (Phi) is 12.1. The molecule has 0 fully saturated rings. The molecular weight excluding hydrogens is 552 g/mol. The van der Waals surface area contributed by atoms with Crippen molar-refractivity contribution in [3.8, 4) is 0 Å². The molecule has 0 spiro atoms. The van der Waals surface area contributed by atoms with Gasteiger partial charge in [0.25, 0.3) is 0 Å². The maximum absolute atomic E-state index is 13.3. The van der Waals surface area contributed by atoms with Crippen LogP contribution in [0.4, 0.5) is 0 Å². The first-order valence-electron chi connectivity index (χ1n) is 14.4. The second-order valence-corrected chi connectivity index (χ2v) is 10.9. The van der Waals surface area contributed by atoms with Gasteiger partial charge in [0.2, 0.25) is 0 Å². The van der Waals surface area contributed by atoms with Crippen LogP contribution >= 0.6 is 0 Å². The van der Waals surface area contributed by atoms with Crippen molar-refractivity contribution in [2.75, 3.05) is 0 Å². The van der Waals surface area contributed by atoms with E-state index in [4.69, 9.17) is 0 Å². The van der Waals surface area contributed by atoms with Crippen molar-refractivity contribution < 1.29 is 29.4 Å². The molecule has 0 bridgehead atoms. The highest BCUT2D eigenvalue weighted by Crippen LogP contribution is 2.41. The molecule has 3 aromatic rings. The predicted octanol–water partition coefficient (Wildman–Crippen LogP) is 5.71. The van der Waals surface area contributed by atoms with E-state index in [0.717, 1.165) is 18.4 Å². The van der Waals surface area contributed by atoms with Gasteiger partial charge in [0.15, 0.2) is 11.6 Å². The molecular formula is C38H36O6-2.